The first-order valence-electron chi connectivity index (χ1n) is 7.15. The van der Waals surface area contributed by atoms with Crippen molar-refractivity contribution in [2.75, 3.05) is 6.54 Å². The van der Waals surface area contributed by atoms with E-state index in [1.54, 1.807) is 23.5 Å². The minimum atomic E-state index is 0.0391. The monoisotopic (exact) mass is 299 g/mol. The summed E-state index contributed by atoms with van der Waals surface area (Å²) >= 11 is 1.76. The Morgan fingerprint density at radius 1 is 1.10 bits per heavy atom. The summed E-state index contributed by atoms with van der Waals surface area (Å²) in [5.74, 6) is 0.119. The highest BCUT2D eigenvalue weighted by Crippen LogP contribution is 2.24. The predicted molar refractivity (Wildman–Crippen MR) is 83.4 cm³/mol. The van der Waals surface area contributed by atoms with E-state index in [1.165, 1.54) is 10.4 Å². The Balaban J connectivity index is 1.54. The van der Waals surface area contributed by atoms with Crippen molar-refractivity contribution < 1.29 is 9.59 Å². The zero-order chi connectivity index (χ0) is 14.7. The highest BCUT2D eigenvalue weighted by atomic mass is 32.1. The fraction of sp³-hybridized carbons (Fsp3) is 0.294. The van der Waals surface area contributed by atoms with E-state index >= 15 is 0 Å². The number of hydrogen-bond donors (Lipinski definition) is 0. The Bertz CT molecular complexity index is 648. The summed E-state index contributed by atoms with van der Waals surface area (Å²) in [4.78, 5) is 27.5. The van der Waals surface area contributed by atoms with Gasteiger partial charge in [0.1, 0.15) is 0 Å². The summed E-state index contributed by atoms with van der Waals surface area (Å²) in [6, 6.07) is 11.3. The molecular weight excluding hydrogens is 282 g/mol. The lowest BCUT2D eigenvalue weighted by atomic mass is 10.1. The number of nitrogens with zero attached hydrogens (tertiary/aromatic N) is 1. The molecule has 0 atom stereocenters. The van der Waals surface area contributed by atoms with Crippen LogP contribution in [0.1, 0.15) is 33.6 Å². The maximum atomic E-state index is 12.2. The molecule has 1 aliphatic rings. The number of fused-ring (bicyclic) bond motifs is 1. The molecule has 0 spiro atoms. The second kappa shape index (κ2) is 6.22. The Hall–Kier alpha value is -1.94. The molecule has 0 radical (unpaired) electrons. The normalized spacial score (nSPS) is 13.8. The zero-order valence-corrected chi connectivity index (χ0v) is 12.6. The third kappa shape index (κ3) is 3.22. The van der Waals surface area contributed by atoms with Gasteiger partial charge in [-0.05, 0) is 23.4 Å². The van der Waals surface area contributed by atoms with Gasteiger partial charge in [0.2, 0.25) is 5.91 Å². The summed E-state index contributed by atoms with van der Waals surface area (Å²) in [5.41, 5.74) is 1.94. The molecule has 0 bridgehead atoms. The Morgan fingerprint density at radius 2 is 1.90 bits per heavy atom. The molecule has 1 aromatic heterocycles. The molecule has 3 nitrogen and oxygen atoms in total. The van der Waals surface area contributed by atoms with E-state index in [-0.39, 0.29) is 18.1 Å². The fourth-order valence-electron chi connectivity index (χ4n) is 2.61. The molecule has 1 aliphatic heterocycles. The van der Waals surface area contributed by atoms with Gasteiger partial charge in [-0.3, -0.25) is 9.59 Å². The first-order chi connectivity index (χ1) is 10.2. The van der Waals surface area contributed by atoms with Gasteiger partial charge in [0.05, 0.1) is 0 Å². The molecule has 3 rings (SSSR count). The minimum absolute atomic E-state index is 0.0391. The van der Waals surface area contributed by atoms with Crippen LogP contribution >= 0.6 is 11.3 Å². The molecule has 1 aromatic carbocycles. The van der Waals surface area contributed by atoms with Crippen molar-refractivity contribution in [3.8, 4) is 0 Å². The molecule has 21 heavy (non-hydrogen) atoms. The molecule has 0 unspecified atom stereocenters. The largest absolute Gasteiger partial charge is 0.338 e. The average Bonchev–Trinajstić information content (AvgIpc) is 3.00. The van der Waals surface area contributed by atoms with Gasteiger partial charge < -0.3 is 4.90 Å². The van der Waals surface area contributed by atoms with Crippen LogP contribution in [0.4, 0.5) is 0 Å². The molecule has 108 valence electrons. The Morgan fingerprint density at radius 3 is 2.71 bits per heavy atom. The lowest BCUT2D eigenvalue weighted by molar-refractivity contribution is -0.132. The van der Waals surface area contributed by atoms with Crippen LogP contribution in [0, 0.1) is 0 Å². The molecule has 0 N–H and O–H groups in total. The lowest BCUT2D eigenvalue weighted by Crippen LogP contribution is -2.35. The van der Waals surface area contributed by atoms with Gasteiger partial charge in [-0.2, -0.15) is 0 Å². The molecule has 4 heteroatoms. The van der Waals surface area contributed by atoms with Gasteiger partial charge in [0, 0.05) is 36.4 Å². The number of carbonyl (C=O) groups is 2. The van der Waals surface area contributed by atoms with Crippen molar-refractivity contribution in [3.05, 3.63) is 57.8 Å². The molecule has 2 aromatic rings. The van der Waals surface area contributed by atoms with Gasteiger partial charge in [0.15, 0.2) is 5.78 Å². The molecule has 2 heterocycles. The van der Waals surface area contributed by atoms with E-state index in [4.69, 9.17) is 0 Å². The Labute approximate surface area is 128 Å². The van der Waals surface area contributed by atoms with Gasteiger partial charge in [-0.15, -0.1) is 11.3 Å². The number of ketones is 1. The third-order valence-corrected chi connectivity index (χ3v) is 4.85. The summed E-state index contributed by atoms with van der Waals surface area (Å²) in [6.45, 7) is 1.46. The molecule has 0 saturated heterocycles. The molecule has 0 saturated carbocycles. The van der Waals surface area contributed by atoms with E-state index in [2.05, 4.69) is 11.4 Å². The van der Waals surface area contributed by atoms with Gasteiger partial charge in [0.25, 0.3) is 0 Å². The second-order valence-corrected chi connectivity index (χ2v) is 6.22. The van der Waals surface area contributed by atoms with E-state index in [0.717, 1.165) is 13.0 Å². The maximum Gasteiger partial charge on any atom is 0.223 e. The van der Waals surface area contributed by atoms with E-state index in [1.807, 2.05) is 23.1 Å². The topological polar surface area (TPSA) is 37.4 Å². The van der Waals surface area contributed by atoms with E-state index < -0.39 is 0 Å². The van der Waals surface area contributed by atoms with Crippen molar-refractivity contribution >= 4 is 23.0 Å². The first-order valence-corrected chi connectivity index (χ1v) is 8.03. The van der Waals surface area contributed by atoms with Crippen LogP contribution in [0.25, 0.3) is 0 Å². The molecule has 0 fully saturated rings. The summed E-state index contributed by atoms with van der Waals surface area (Å²) < 4.78 is 0. The van der Waals surface area contributed by atoms with Crippen LogP contribution in [0.5, 0.6) is 0 Å². The predicted octanol–water partition coefficient (Wildman–Crippen LogP) is 3.30. The van der Waals surface area contributed by atoms with Crippen LogP contribution in [0.15, 0.2) is 41.8 Å². The lowest BCUT2D eigenvalue weighted by Gasteiger charge is -2.27. The van der Waals surface area contributed by atoms with Crippen molar-refractivity contribution in [1.82, 2.24) is 4.90 Å². The quantitative estimate of drug-likeness (QED) is 0.812. The van der Waals surface area contributed by atoms with Crippen molar-refractivity contribution in [2.24, 2.45) is 0 Å². The van der Waals surface area contributed by atoms with Crippen LogP contribution in [0.2, 0.25) is 0 Å². The van der Waals surface area contributed by atoms with Gasteiger partial charge in [-0.25, -0.2) is 0 Å². The molecular formula is C17H17NO2S. The average molecular weight is 299 g/mol. The number of thiophene rings is 1. The van der Waals surface area contributed by atoms with E-state index in [0.29, 0.717) is 18.5 Å². The highest BCUT2D eigenvalue weighted by Gasteiger charge is 2.21. The van der Waals surface area contributed by atoms with Crippen molar-refractivity contribution in [2.45, 2.75) is 25.8 Å². The summed E-state index contributed by atoms with van der Waals surface area (Å²) in [7, 11) is 0. The molecule has 1 amide bonds. The van der Waals surface area contributed by atoms with Crippen molar-refractivity contribution in [3.63, 3.8) is 0 Å². The maximum absolute atomic E-state index is 12.2. The fourth-order valence-corrected chi connectivity index (χ4v) is 3.50. The summed E-state index contributed by atoms with van der Waals surface area (Å²) in [5, 5.41) is 2.08. The summed E-state index contributed by atoms with van der Waals surface area (Å²) in [6.07, 6.45) is 1.52. The second-order valence-electron chi connectivity index (χ2n) is 5.22. The van der Waals surface area contributed by atoms with Gasteiger partial charge >= 0.3 is 0 Å². The number of amides is 1. The Kier molecular flexibility index (Phi) is 4.15. The van der Waals surface area contributed by atoms with Crippen LogP contribution in [-0.2, 0) is 17.8 Å². The zero-order valence-electron chi connectivity index (χ0n) is 11.7. The van der Waals surface area contributed by atoms with E-state index in [9.17, 15) is 9.59 Å². The van der Waals surface area contributed by atoms with Crippen LogP contribution in [-0.4, -0.2) is 23.1 Å². The van der Waals surface area contributed by atoms with Crippen LogP contribution < -0.4 is 0 Å². The van der Waals surface area contributed by atoms with Crippen LogP contribution in [0.3, 0.4) is 0 Å². The number of carbonyl (C=O) groups excluding carboxylic acids is 2. The third-order valence-electron chi connectivity index (χ3n) is 3.82. The number of rotatable bonds is 4. The molecule has 0 aliphatic carbocycles. The first kappa shape index (κ1) is 14.0. The standard InChI is InChI=1S/C17H17NO2S/c19-15(13-4-2-1-3-5-13)6-7-17(20)18-10-8-16-14(12-18)9-11-21-16/h1-5,9,11H,6-8,10,12H2. The number of benzene rings is 1. The SMILES string of the molecule is O=C(CCC(=O)N1CCc2sccc2C1)c1ccccc1. The highest BCUT2D eigenvalue weighted by molar-refractivity contribution is 7.10. The minimum Gasteiger partial charge on any atom is -0.338 e. The number of Topliss-reactive ketones (excluding diaryl/α,β-unsaturated/α-hetero) is 1. The van der Waals surface area contributed by atoms with Gasteiger partial charge in [-0.1, -0.05) is 30.3 Å². The number of hydrogen-bond acceptors (Lipinski definition) is 3. The van der Waals surface area contributed by atoms with Crippen molar-refractivity contribution in [1.29, 1.82) is 0 Å². The smallest absolute Gasteiger partial charge is 0.223 e.